The van der Waals surface area contributed by atoms with E-state index in [1.165, 1.54) is 40.8 Å². The van der Waals surface area contributed by atoms with Crippen molar-refractivity contribution < 1.29 is 23.1 Å². The minimum absolute atomic E-state index is 0.00725. The Kier molecular flexibility index (Phi) is 10.2. The van der Waals surface area contributed by atoms with Gasteiger partial charge in [-0.2, -0.15) is 0 Å². The molecule has 0 aliphatic rings. The van der Waals surface area contributed by atoms with E-state index in [4.69, 9.17) is 22.0 Å². The summed E-state index contributed by atoms with van der Waals surface area (Å²) >= 11 is 7.70. The van der Waals surface area contributed by atoms with Gasteiger partial charge in [-0.15, -0.1) is 0 Å². The number of hydrogen-bond acceptors (Lipinski definition) is 7. The van der Waals surface area contributed by atoms with Gasteiger partial charge in [-0.1, -0.05) is 41.7 Å². The minimum atomic E-state index is -1.09. The lowest BCUT2D eigenvalue weighted by molar-refractivity contribution is -0.110. The normalized spacial score (nSPS) is 11.7. The third-order valence-electron chi connectivity index (χ3n) is 7.50. The van der Waals surface area contributed by atoms with Gasteiger partial charge in [-0.05, 0) is 59.2 Å². The number of fused-ring (bicyclic) bond motifs is 1. The molecule has 47 heavy (non-hydrogen) atoms. The van der Waals surface area contributed by atoms with Gasteiger partial charge in [0.05, 0.1) is 45.5 Å². The fourth-order valence-corrected chi connectivity index (χ4v) is 6.06. The number of anilines is 1. The number of aliphatic hydroxyl groups excluding tert-OH is 1. The summed E-state index contributed by atoms with van der Waals surface area (Å²) in [6.45, 7) is -0.568. The molecule has 242 valence electrons. The van der Waals surface area contributed by atoms with Crippen molar-refractivity contribution in [3.8, 4) is 16.8 Å². The Balaban J connectivity index is 1.84. The van der Waals surface area contributed by atoms with Crippen molar-refractivity contribution in [1.29, 1.82) is 5.41 Å². The van der Waals surface area contributed by atoms with Crippen molar-refractivity contribution in [2.75, 3.05) is 18.6 Å². The Hall–Kier alpha value is -4.85. The van der Waals surface area contributed by atoms with E-state index in [-0.39, 0.29) is 56.4 Å². The molecule has 0 aliphatic carbocycles. The van der Waals surface area contributed by atoms with E-state index in [0.717, 1.165) is 18.2 Å². The van der Waals surface area contributed by atoms with Crippen LogP contribution in [0.15, 0.2) is 71.5 Å². The number of nitrogens with zero attached hydrogens (tertiary/aromatic N) is 2. The van der Waals surface area contributed by atoms with Gasteiger partial charge in [0.15, 0.2) is 0 Å². The van der Waals surface area contributed by atoms with Crippen LogP contribution in [0.3, 0.4) is 0 Å². The molecular weight excluding hydrogens is 653 g/mol. The number of nitrogens with one attached hydrogen (secondary N) is 4. The number of aromatic nitrogens is 2. The van der Waals surface area contributed by atoms with Gasteiger partial charge in [0.2, 0.25) is 6.41 Å². The first-order valence-corrected chi connectivity index (χ1v) is 15.7. The van der Waals surface area contributed by atoms with Crippen molar-refractivity contribution >= 4 is 52.4 Å². The minimum Gasteiger partial charge on any atom is -0.392 e. The quantitative estimate of drug-likeness (QED) is 0.0510. The largest absolute Gasteiger partial charge is 0.392 e. The molecule has 5 aromatic rings. The molecule has 1 amide bonds. The second kappa shape index (κ2) is 14.3. The van der Waals surface area contributed by atoms with Crippen LogP contribution in [0, 0.1) is 22.9 Å². The molecule has 5 rings (SSSR count). The van der Waals surface area contributed by atoms with Crippen LogP contribution in [-0.4, -0.2) is 40.2 Å². The number of hydrogen-bond donors (Lipinski definition) is 5. The Morgan fingerprint density at radius 1 is 1.11 bits per heavy atom. The molecule has 1 aromatic heterocycles. The molecule has 9 nitrogen and oxygen atoms in total. The van der Waals surface area contributed by atoms with Crippen LogP contribution < -0.4 is 20.9 Å². The third kappa shape index (κ3) is 6.68. The summed E-state index contributed by atoms with van der Waals surface area (Å²) in [5, 5.41) is 24.4. The number of halogens is 4. The average molecular weight is 681 g/mol. The molecule has 0 saturated heterocycles. The molecule has 5 N–H and O–H groups in total. The highest BCUT2D eigenvalue weighted by atomic mass is 35.5. The lowest BCUT2D eigenvalue weighted by Gasteiger charge is -2.24. The summed E-state index contributed by atoms with van der Waals surface area (Å²) in [5.74, 6) is -2.31. The number of carbonyl (C=O) groups is 1. The maximum Gasteiger partial charge on any atom is 0.266 e. The molecule has 1 unspecified atom stereocenters. The molecule has 1 heterocycles. The Morgan fingerprint density at radius 2 is 1.85 bits per heavy atom. The first-order valence-electron chi connectivity index (χ1n) is 14.1. The summed E-state index contributed by atoms with van der Waals surface area (Å²) in [6.07, 6.45) is 1.96. The maximum absolute atomic E-state index is 14.6. The van der Waals surface area contributed by atoms with E-state index < -0.39 is 35.7 Å². The van der Waals surface area contributed by atoms with E-state index in [2.05, 4.69) is 15.4 Å². The van der Waals surface area contributed by atoms with Gasteiger partial charge in [0.1, 0.15) is 29.1 Å². The zero-order chi connectivity index (χ0) is 33.8. The Bertz CT molecular complexity index is 2060. The number of benzene rings is 4. The predicted molar refractivity (Wildman–Crippen MR) is 179 cm³/mol. The fourth-order valence-electron chi connectivity index (χ4n) is 5.50. The van der Waals surface area contributed by atoms with E-state index in [1.807, 2.05) is 0 Å². The van der Waals surface area contributed by atoms with Crippen LogP contribution >= 0.6 is 23.5 Å². The van der Waals surface area contributed by atoms with Crippen molar-refractivity contribution in [2.24, 2.45) is 0 Å². The molecule has 1 atom stereocenters. The Labute approximate surface area is 276 Å². The van der Waals surface area contributed by atoms with Crippen molar-refractivity contribution in [1.82, 2.24) is 19.6 Å². The van der Waals surface area contributed by atoms with Gasteiger partial charge in [0, 0.05) is 31.4 Å². The summed E-state index contributed by atoms with van der Waals surface area (Å²) < 4.78 is 47.0. The maximum atomic E-state index is 14.6. The zero-order valence-corrected chi connectivity index (χ0v) is 26.6. The molecule has 0 saturated carbocycles. The SMILES string of the molecule is CNc1c(-n2c(C(Cc3cc(F)cc(F)c3)NC=O)nc3cc(-c4cccc(F)c4CO)ccc3c2=O)ccc(Cl)c1C(=N)NSC. The smallest absolute Gasteiger partial charge is 0.266 e. The first-order chi connectivity index (χ1) is 22.6. The van der Waals surface area contributed by atoms with Crippen LogP contribution in [0.2, 0.25) is 5.02 Å². The van der Waals surface area contributed by atoms with Crippen LogP contribution in [0.4, 0.5) is 18.9 Å². The van der Waals surface area contributed by atoms with E-state index in [1.54, 1.807) is 37.6 Å². The molecule has 14 heteroatoms. The molecule has 0 radical (unpaired) electrons. The molecule has 4 aromatic carbocycles. The predicted octanol–water partition coefficient (Wildman–Crippen LogP) is 5.88. The van der Waals surface area contributed by atoms with E-state index >= 15 is 0 Å². The number of amidine groups is 1. The molecule has 0 spiro atoms. The monoisotopic (exact) mass is 680 g/mol. The zero-order valence-electron chi connectivity index (χ0n) is 25.0. The lowest BCUT2D eigenvalue weighted by atomic mass is 9.98. The highest BCUT2D eigenvalue weighted by molar-refractivity contribution is 7.97. The number of aliphatic hydroxyl groups is 1. The van der Waals surface area contributed by atoms with Crippen LogP contribution in [0.25, 0.3) is 27.7 Å². The van der Waals surface area contributed by atoms with Gasteiger partial charge in [0.25, 0.3) is 5.56 Å². The van der Waals surface area contributed by atoms with Gasteiger partial charge < -0.3 is 20.5 Å². The number of rotatable bonds is 11. The van der Waals surface area contributed by atoms with E-state index in [9.17, 15) is 27.9 Å². The van der Waals surface area contributed by atoms with Gasteiger partial charge in [-0.25, -0.2) is 18.2 Å². The summed E-state index contributed by atoms with van der Waals surface area (Å²) in [6, 6.07) is 13.9. The van der Waals surface area contributed by atoms with Gasteiger partial charge in [-0.3, -0.25) is 19.6 Å². The highest BCUT2D eigenvalue weighted by Crippen LogP contribution is 2.34. The van der Waals surface area contributed by atoms with Crippen molar-refractivity contribution in [2.45, 2.75) is 19.1 Å². The van der Waals surface area contributed by atoms with Crippen LogP contribution in [0.5, 0.6) is 0 Å². The second-order valence-corrected chi connectivity index (χ2v) is 11.4. The number of amides is 1. The Morgan fingerprint density at radius 3 is 2.51 bits per heavy atom. The van der Waals surface area contributed by atoms with Crippen LogP contribution in [0.1, 0.15) is 28.6 Å². The summed E-state index contributed by atoms with van der Waals surface area (Å²) in [5.41, 5.74) is 1.46. The average Bonchev–Trinajstić information content (AvgIpc) is 3.03. The van der Waals surface area contributed by atoms with Gasteiger partial charge >= 0.3 is 0 Å². The standard InChI is InChI=1S/C33H28ClF3N6O3S/c1-39-30-28(9-8-24(34)29(30)31(38)42-47-2)43-32(27(40-16-45)12-17-10-19(35)14-20(36)11-17)41-26-13-18(6-7-22(26)33(43)46)21-4-3-5-25(37)23(21)15-44/h3-11,13-14,16,27,39,44H,12,15H2,1-2H3,(H2,38,42)(H,40,45). The fraction of sp³-hybridized carbons (Fsp3) is 0.152. The first kappa shape index (κ1) is 33.5. The third-order valence-corrected chi connectivity index (χ3v) is 8.23. The summed E-state index contributed by atoms with van der Waals surface area (Å²) in [7, 11) is 1.59. The molecule has 0 fully saturated rings. The van der Waals surface area contributed by atoms with E-state index in [0.29, 0.717) is 23.2 Å². The van der Waals surface area contributed by atoms with Crippen molar-refractivity contribution in [3.63, 3.8) is 0 Å². The second-order valence-electron chi connectivity index (χ2n) is 10.3. The number of carbonyl (C=O) groups excluding carboxylic acids is 1. The van der Waals surface area contributed by atoms with Crippen molar-refractivity contribution in [3.05, 3.63) is 122 Å². The molecule has 0 aliphatic heterocycles. The molecule has 0 bridgehead atoms. The van der Waals surface area contributed by atoms with Crippen LogP contribution in [-0.2, 0) is 17.8 Å². The lowest BCUT2D eigenvalue weighted by Crippen LogP contribution is -2.33. The topological polar surface area (TPSA) is 132 Å². The summed E-state index contributed by atoms with van der Waals surface area (Å²) in [4.78, 5) is 31.2. The molecular formula is C33H28ClF3N6O3S. The highest BCUT2D eigenvalue weighted by Gasteiger charge is 2.26.